The Morgan fingerprint density at radius 3 is 2.70 bits per heavy atom. The number of hydrogen-bond acceptors (Lipinski definition) is 2. The van der Waals surface area contributed by atoms with E-state index < -0.39 is 0 Å². The average Bonchev–Trinajstić information content (AvgIpc) is 2.12. The van der Waals surface area contributed by atoms with Crippen LogP contribution in [0.5, 0.6) is 0 Å². The van der Waals surface area contributed by atoms with E-state index in [9.17, 15) is 0 Å². The SMILES string of the molecule is CC1(S)CCC(CCS)C1. The molecule has 10 heavy (non-hydrogen) atoms. The lowest BCUT2D eigenvalue weighted by atomic mass is 10.0. The van der Waals surface area contributed by atoms with Gasteiger partial charge in [-0.1, -0.05) is 6.92 Å². The minimum Gasteiger partial charge on any atom is -0.179 e. The van der Waals surface area contributed by atoms with E-state index in [2.05, 4.69) is 32.2 Å². The van der Waals surface area contributed by atoms with Crippen molar-refractivity contribution < 1.29 is 0 Å². The number of thiol groups is 2. The summed E-state index contributed by atoms with van der Waals surface area (Å²) in [5, 5.41) is 0. The predicted octanol–water partition coefficient (Wildman–Crippen LogP) is 2.79. The first-order valence-corrected chi connectivity index (χ1v) is 5.05. The van der Waals surface area contributed by atoms with E-state index in [0.29, 0.717) is 4.75 Å². The first-order valence-electron chi connectivity index (χ1n) is 3.97. The van der Waals surface area contributed by atoms with Crippen LogP contribution in [0.1, 0.15) is 32.6 Å². The summed E-state index contributed by atoms with van der Waals surface area (Å²) in [6, 6.07) is 0. The highest BCUT2D eigenvalue weighted by Crippen LogP contribution is 2.40. The summed E-state index contributed by atoms with van der Waals surface area (Å²) in [5.41, 5.74) is 0. The standard InChI is InChI=1S/C8H16S2/c1-8(10)4-2-7(6-8)3-5-9/h7,9-10H,2-6H2,1H3. The van der Waals surface area contributed by atoms with Gasteiger partial charge in [0.15, 0.2) is 0 Å². The summed E-state index contributed by atoms with van der Waals surface area (Å²) >= 11 is 8.80. The molecule has 0 radical (unpaired) electrons. The van der Waals surface area contributed by atoms with E-state index in [0.717, 1.165) is 11.7 Å². The van der Waals surface area contributed by atoms with Gasteiger partial charge in [-0.3, -0.25) is 0 Å². The third kappa shape index (κ3) is 2.39. The maximum atomic E-state index is 4.58. The summed E-state index contributed by atoms with van der Waals surface area (Å²) in [6.45, 7) is 2.24. The van der Waals surface area contributed by atoms with E-state index >= 15 is 0 Å². The van der Waals surface area contributed by atoms with Gasteiger partial charge in [0, 0.05) is 4.75 Å². The smallest absolute Gasteiger partial charge is 0.0104 e. The topological polar surface area (TPSA) is 0 Å². The molecule has 0 aromatic carbocycles. The molecule has 0 nitrogen and oxygen atoms in total. The second kappa shape index (κ2) is 3.40. The van der Waals surface area contributed by atoms with Gasteiger partial charge in [0.05, 0.1) is 0 Å². The average molecular weight is 176 g/mol. The van der Waals surface area contributed by atoms with Gasteiger partial charge in [-0.2, -0.15) is 25.3 Å². The zero-order chi connectivity index (χ0) is 7.61. The Hall–Kier alpha value is 0.700. The molecule has 0 bridgehead atoms. The Morgan fingerprint density at radius 1 is 1.60 bits per heavy atom. The Morgan fingerprint density at radius 2 is 2.30 bits per heavy atom. The van der Waals surface area contributed by atoms with Crippen molar-refractivity contribution in [2.45, 2.75) is 37.4 Å². The fourth-order valence-corrected chi connectivity index (χ4v) is 2.52. The van der Waals surface area contributed by atoms with Gasteiger partial charge in [-0.25, -0.2) is 0 Å². The Labute approximate surface area is 74.6 Å². The summed E-state index contributed by atoms with van der Waals surface area (Å²) in [6.07, 6.45) is 5.21. The van der Waals surface area contributed by atoms with Crippen LogP contribution >= 0.6 is 25.3 Å². The Kier molecular flexibility index (Phi) is 2.99. The van der Waals surface area contributed by atoms with Crippen LogP contribution in [0.25, 0.3) is 0 Å². The summed E-state index contributed by atoms with van der Waals surface area (Å²) in [7, 11) is 0. The van der Waals surface area contributed by atoms with Gasteiger partial charge in [-0.15, -0.1) is 0 Å². The van der Waals surface area contributed by atoms with Crippen molar-refractivity contribution in [1.29, 1.82) is 0 Å². The van der Waals surface area contributed by atoms with E-state index in [1.807, 2.05) is 0 Å². The van der Waals surface area contributed by atoms with E-state index in [-0.39, 0.29) is 0 Å². The molecular weight excluding hydrogens is 160 g/mol. The fraction of sp³-hybridized carbons (Fsp3) is 1.00. The van der Waals surface area contributed by atoms with Crippen molar-refractivity contribution in [3.63, 3.8) is 0 Å². The minimum absolute atomic E-state index is 0.327. The predicted molar refractivity (Wildman–Crippen MR) is 53.2 cm³/mol. The molecular formula is C8H16S2. The Balaban J connectivity index is 2.29. The van der Waals surface area contributed by atoms with Gasteiger partial charge >= 0.3 is 0 Å². The molecule has 2 atom stereocenters. The van der Waals surface area contributed by atoms with Crippen LogP contribution in [0.2, 0.25) is 0 Å². The largest absolute Gasteiger partial charge is 0.179 e. The molecule has 1 saturated carbocycles. The molecule has 0 amide bonds. The Bertz CT molecular complexity index is 110. The quantitative estimate of drug-likeness (QED) is 0.594. The molecule has 0 aromatic heterocycles. The summed E-state index contributed by atoms with van der Waals surface area (Å²) in [4.78, 5) is 0. The van der Waals surface area contributed by atoms with E-state index in [1.165, 1.54) is 25.7 Å². The van der Waals surface area contributed by atoms with Gasteiger partial charge < -0.3 is 0 Å². The van der Waals surface area contributed by atoms with Crippen LogP contribution in [-0.4, -0.2) is 10.5 Å². The lowest BCUT2D eigenvalue weighted by molar-refractivity contribution is 0.521. The highest BCUT2D eigenvalue weighted by molar-refractivity contribution is 7.81. The first-order chi connectivity index (χ1) is 4.64. The van der Waals surface area contributed by atoms with Crippen molar-refractivity contribution in [3.05, 3.63) is 0 Å². The second-order valence-electron chi connectivity index (χ2n) is 3.62. The molecule has 2 heteroatoms. The molecule has 0 heterocycles. The van der Waals surface area contributed by atoms with Gasteiger partial charge in [0.25, 0.3) is 0 Å². The minimum atomic E-state index is 0.327. The number of hydrogen-bond donors (Lipinski definition) is 2. The molecule has 0 aromatic rings. The van der Waals surface area contributed by atoms with Crippen LogP contribution in [0.4, 0.5) is 0 Å². The number of rotatable bonds is 2. The van der Waals surface area contributed by atoms with Crippen LogP contribution in [0.15, 0.2) is 0 Å². The molecule has 0 saturated heterocycles. The monoisotopic (exact) mass is 176 g/mol. The highest BCUT2D eigenvalue weighted by atomic mass is 32.1. The maximum Gasteiger partial charge on any atom is 0.0104 e. The summed E-state index contributed by atoms with van der Waals surface area (Å²) < 4.78 is 0.327. The van der Waals surface area contributed by atoms with Crippen molar-refractivity contribution in [2.75, 3.05) is 5.75 Å². The summed E-state index contributed by atoms with van der Waals surface area (Å²) in [5.74, 6) is 1.94. The van der Waals surface area contributed by atoms with Crippen molar-refractivity contribution in [3.8, 4) is 0 Å². The molecule has 1 rings (SSSR count). The normalized spacial score (nSPS) is 40.5. The van der Waals surface area contributed by atoms with Crippen LogP contribution < -0.4 is 0 Å². The zero-order valence-electron chi connectivity index (χ0n) is 6.51. The molecule has 2 unspecified atom stereocenters. The van der Waals surface area contributed by atoms with Crippen molar-refractivity contribution in [2.24, 2.45) is 5.92 Å². The molecule has 0 spiro atoms. The maximum absolute atomic E-state index is 4.58. The molecule has 0 N–H and O–H groups in total. The van der Waals surface area contributed by atoms with Gasteiger partial charge in [0.1, 0.15) is 0 Å². The molecule has 1 fully saturated rings. The zero-order valence-corrected chi connectivity index (χ0v) is 8.30. The fourth-order valence-electron chi connectivity index (χ4n) is 1.77. The third-order valence-electron chi connectivity index (χ3n) is 2.36. The lowest BCUT2D eigenvalue weighted by Gasteiger charge is -2.15. The van der Waals surface area contributed by atoms with Crippen LogP contribution in [-0.2, 0) is 0 Å². The van der Waals surface area contributed by atoms with Crippen molar-refractivity contribution in [1.82, 2.24) is 0 Å². The van der Waals surface area contributed by atoms with Gasteiger partial charge in [0.2, 0.25) is 0 Å². The second-order valence-corrected chi connectivity index (χ2v) is 5.14. The lowest BCUT2D eigenvalue weighted by Crippen LogP contribution is -2.10. The van der Waals surface area contributed by atoms with Crippen LogP contribution in [0.3, 0.4) is 0 Å². The molecule has 60 valence electrons. The van der Waals surface area contributed by atoms with E-state index in [4.69, 9.17) is 0 Å². The molecule has 1 aliphatic carbocycles. The first kappa shape index (κ1) is 8.79. The highest BCUT2D eigenvalue weighted by Gasteiger charge is 2.30. The van der Waals surface area contributed by atoms with E-state index in [1.54, 1.807) is 0 Å². The van der Waals surface area contributed by atoms with Crippen molar-refractivity contribution >= 4 is 25.3 Å². The van der Waals surface area contributed by atoms with Gasteiger partial charge in [-0.05, 0) is 37.4 Å². The molecule has 0 aliphatic heterocycles. The van der Waals surface area contributed by atoms with Crippen LogP contribution in [0, 0.1) is 5.92 Å². The molecule has 1 aliphatic rings. The third-order valence-corrected chi connectivity index (χ3v) is 3.02.